The van der Waals surface area contributed by atoms with Crippen LogP contribution in [0.5, 0.6) is 0 Å². The minimum atomic E-state index is 0.0511. The van der Waals surface area contributed by atoms with Crippen molar-refractivity contribution in [2.24, 2.45) is 0 Å². The van der Waals surface area contributed by atoms with Crippen LogP contribution in [0.1, 0.15) is 30.4 Å². The molecule has 17 heavy (non-hydrogen) atoms. The molecule has 0 saturated carbocycles. The fourth-order valence-electron chi connectivity index (χ4n) is 2.22. The van der Waals surface area contributed by atoms with Crippen LogP contribution in [0.15, 0.2) is 22.6 Å². The Morgan fingerprint density at radius 2 is 2.41 bits per heavy atom. The van der Waals surface area contributed by atoms with E-state index < -0.39 is 0 Å². The molecular weight excluding hydrogens is 216 g/mol. The Bertz CT molecular complexity index is 515. The third-order valence-corrected chi connectivity index (χ3v) is 3.05. The van der Waals surface area contributed by atoms with Crippen molar-refractivity contribution in [3.63, 3.8) is 0 Å². The first-order chi connectivity index (χ1) is 8.36. The van der Waals surface area contributed by atoms with Crippen molar-refractivity contribution in [2.75, 3.05) is 13.7 Å². The molecule has 0 amide bonds. The van der Waals surface area contributed by atoms with Crippen LogP contribution >= 0.6 is 0 Å². The Labute approximate surface area is 100.0 Å². The minimum absolute atomic E-state index is 0.0511. The van der Waals surface area contributed by atoms with Gasteiger partial charge in [-0.2, -0.15) is 0 Å². The number of ether oxygens (including phenoxy) is 1. The van der Waals surface area contributed by atoms with Crippen molar-refractivity contribution >= 4 is 11.1 Å². The standard InChI is InChI=1S/C13H16N2O2/c1-14-8-9-4-5-11-10(7-9)15-13(17-11)12-3-2-6-16-12/h4-5,7,12,14H,2-3,6,8H2,1H3. The number of benzene rings is 1. The Kier molecular flexibility index (Phi) is 2.82. The minimum Gasteiger partial charge on any atom is -0.438 e. The highest BCUT2D eigenvalue weighted by Crippen LogP contribution is 2.30. The molecular formula is C13H16N2O2. The van der Waals surface area contributed by atoms with Gasteiger partial charge >= 0.3 is 0 Å². The number of oxazole rings is 1. The molecule has 1 unspecified atom stereocenters. The second kappa shape index (κ2) is 4.47. The van der Waals surface area contributed by atoms with Crippen LogP contribution in [0, 0.1) is 0 Å². The summed E-state index contributed by atoms with van der Waals surface area (Å²) < 4.78 is 11.3. The summed E-state index contributed by atoms with van der Waals surface area (Å²) in [6.45, 7) is 1.66. The van der Waals surface area contributed by atoms with Gasteiger partial charge in [-0.1, -0.05) is 6.07 Å². The van der Waals surface area contributed by atoms with Crippen molar-refractivity contribution in [2.45, 2.75) is 25.5 Å². The van der Waals surface area contributed by atoms with E-state index >= 15 is 0 Å². The van der Waals surface area contributed by atoms with Crippen molar-refractivity contribution in [3.05, 3.63) is 29.7 Å². The molecule has 2 heterocycles. The molecule has 0 spiro atoms. The fraction of sp³-hybridized carbons (Fsp3) is 0.462. The van der Waals surface area contributed by atoms with Gasteiger partial charge < -0.3 is 14.5 Å². The van der Waals surface area contributed by atoms with Crippen LogP contribution in [-0.2, 0) is 11.3 Å². The normalized spacial score (nSPS) is 20.2. The first-order valence-corrected chi connectivity index (χ1v) is 6.02. The van der Waals surface area contributed by atoms with E-state index in [4.69, 9.17) is 9.15 Å². The predicted octanol–water partition coefficient (Wildman–Crippen LogP) is 2.40. The Hall–Kier alpha value is -1.39. The highest BCUT2D eigenvalue weighted by atomic mass is 16.5. The van der Waals surface area contributed by atoms with Crippen molar-refractivity contribution in [3.8, 4) is 0 Å². The van der Waals surface area contributed by atoms with Crippen LogP contribution in [0.2, 0.25) is 0 Å². The zero-order valence-corrected chi connectivity index (χ0v) is 9.90. The molecule has 4 heteroatoms. The third-order valence-electron chi connectivity index (χ3n) is 3.05. The SMILES string of the molecule is CNCc1ccc2oc(C3CCCO3)nc2c1. The quantitative estimate of drug-likeness (QED) is 0.882. The van der Waals surface area contributed by atoms with E-state index in [1.807, 2.05) is 13.1 Å². The molecule has 0 aliphatic carbocycles. The van der Waals surface area contributed by atoms with Gasteiger partial charge in [-0.15, -0.1) is 0 Å². The molecule has 2 aromatic rings. The van der Waals surface area contributed by atoms with Gasteiger partial charge in [0.05, 0.1) is 0 Å². The number of nitrogens with one attached hydrogen (secondary N) is 1. The molecule has 1 aromatic carbocycles. The molecule has 3 rings (SSSR count). The van der Waals surface area contributed by atoms with E-state index in [-0.39, 0.29) is 6.10 Å². The topological polar surface area (TPSA) is 47.3 Å². The number of hydrogen-bond acceptors (Lipinski definition) is 4. The van der Waals surface area contributed by atoms with Gasteiger partial charge in [0.25, 0.3) is 0 Å². The number of rotatable bonds is 3. The summed E-state index contributed by atoms with van der Waals surface area (Å²) in [5.41, 5.74) is 2.98. The lowest BCUT2D eigenvalue weighted by atomic mass is 10.2. The number of hydrogen-bond donors (Lipinski definition) is 1. The number of aromatic nitrogens is 1. The summed E-state index contributed by atoms with van der Waals surface area (Å²) in [5, 5.41) is 3.13. The van der Waals surface area contributed by atoms with Gasteiger partial charge in [0.1, 0.15) is 11.6 Å². The lowest BCUT2D eigenvalue weighted by Crippen LogP contribution is -2.04. The van der Waals surface area contributed by atoms with Crippen molar-refractivity contribution in [1.29, 1.82) is 0 Å². The highest BCUT2D eigenvalue weighted by Gasteiger charge is 2.23. The second-order valence-electron chi connectivity index (χ2n) is 4.39. The Morgan fingerprint density at radius 3 is 3.18 bits per heavy atom. The molecule has 0 bridgehead atoms. The summed E-state index contributed by atoms with van der Waals surface area (Å²) >= 11 is 0. The summed E-state index contributed by atoms with van der Waals surface area (Å²) in [5.74, 6) is 0.721. The van der Waals surface area contributed by atoms with Gasteiger partial charge in [-0.25, -0.2) is 4.98 Å². The zero-order chi connectivity index (χ0) is 11.7. The van der Waals surface area contributed by atoms with Crippen LogP contribution in [0.25, 0.3) is 11.1 Å². The van der Waals surface area contributed by atoms with E-state index in [0.717, 1.165) is 43.0 Å². The van der Waals surface area contributed by atoms with E-state index in [0.29, 0.717) is 0 Å². The third kappa shape index (κ3) is 2.06. The maximum atomic E-state index is 5.73. The summed E-state index contributed by atoms with van der Waals surface area (Å²) in [6, 6.07) is 6.10. The second-order valence-corrected chi connectivity index (χ2v) is 4.39. The molecule has 1 saturated heterocycles. The van der Waals surface area contributed by atoms with Crippen molar-refractivity contribution < 1.29 is 9.15 Å². The van der Waals surface area contributed by atoms with Gasteiger partial charge in [-0.05, 0) is 37.6 Å². The average Bonchev–Trinajstić information content (AvgIpc) is 2.97. The summed E-state index contributed by atoms with van der Waals surface area (Å²) in [4.78, 5) is 4.52. The molecule has 1 aliphatic heterocycles. The number of fused-ring (bicyclic) bond motifs is 1. The monoisotopic (exact) mass is 232 g/mol. The Morgan fingerprint density at radius 1 is 1.47 bits per heavy atom. The van der Waals surface area contributed by atoms with Crippen LogP contribution < -0.4 is 5.32 Å². The van der Waals surface area contributed by atoms with Crippen molar-refractivity contribution in [1.82, 2.24) is 10.3 Å². The van der Waals surface area contributed by atoms with Crippen LogP contribution in [0.3, 0.4) is 0 Å². The first-order valence-electron chi connectivity index (χ1n) is 6.02. The lowest BCUT2D eigenvalue weighted by Gasteiger charge is -2.01. The summed E-state index contributed by atoms with van der Waals surface area (Å²) in [7, 11) is 1.94. The molecule has 1 atom stereocenters. The smallest absolute Gasteiger partial charge is 0.224 e. The molecule has 1 aliphatic rings. The number of nitrogens with zero attached hydrogens (tertiary/aromatic N) is 1. The molecule has 0 radical (unpaired) electrons. The molecule has 1 aromatic heterocycles. The first kappa shape index (κ1) is 10.7. The predicted molar refractivity (Wildman–Crippen MR) is 64.7 cm³/mol. The van der Waals surface area contributed by atoms with Crippen LogP contribution in [-0.4, -0.2) is 18.6 Å². The maximum Gasteiger partial charge on any atom is 0.224 e. The molecule has 1 N–H and O–H groups in total. The maximum absolute atomic E-state index is 5.73. The van der Waals surface area contributed by atoms with Gasteiger partial charge in [0.15, 0.2) is 5.58 Å². The van der Waals surface area contributed by atoms with E-state index in [1.165, 1.54) is 5.56 Å². The van der Waals surface area contributed by atoms with Crippen LogP contribution in [0.4, 0.5) is 0 Å². The largest absolute Gasteiger partial charge is 0.438 e. The molecule has 1 fully saturated rings. The molecule has 90 valence electrons. The van der Waals surface area contributed by atoms with Gasteiger partial charge in [0.2, 0.25) is 5.89 Å². The van der Waals surface area contributed by atoms with E-state index in [1.54, 1.807) is 0 Å². The Balaban J connectivity index is 1.94. The zero-order valence-electron chi connectivity index (χ0n) is 9.90. The van der Waals surface area contributed by atoms with Gasteiger partial charge in [0, 0.05) is 13.2 Å². The van der Waals surface area contributed by atoms with E-state index in [2.05, 4.69) is 22.4 Å². The average molecular weight is 232 g/mol. The molecule has 4 nitrogen and oxygen atoms in total. The highest BCUT2D eigenvalue weighted by molar-refractivity contribution is 5.73. The lowest BCUT2D eigenvalue weighted by molar-refractivity contribution is 0.0907. The van der Waals surface area contributed by atoms with Gasteiger partial charge in [-0.3, -0.25) is 0 Å². The fourth-order valence-corrected chi connectivity index (χ4v) is 2.22. The summed E-state index contributed by atoms with van der Waals surface area (Å²) in [6.07, 6.45) is 2.15. The van der Waals surface area contributed by atoms with E-state index in [9.17, 15) is 0 Å².